The Morgan fingerprint density at radius 1 is 1.27 bits per heavy atom. The minimum Gasteiger partial charge on any atom is -0.321 e. The largest absolute Gasteiger partial charge is 0.321 e. The van der Waals surface area contributed by atoms with Gasteiger partial charge in [-0.3, -0.25) is 14.0 Å². The van der Waals surface area contributed by atoms with Crippen LogP contribution in [0.2, 0.25) is 0 Å². The quantitative estimate of drug-likeness (QED) is 0.417. The standard InChI is InChI=1S/C18H12BN3O2S2/c1-9-3-2-4-11(7-9)20-17(24)14-15-21-16(23)12-8-10(19)5-6-13(12)22(15)18(25)26-14/h2-8H,1H3,(H,20,24)(H,21,23). The fraction of sp³-hybridized carbons (Fsp3) is 0.0556. The number of amides is 1. The van der Waals surface area contributed by atoms with Crippen LogP contribution in [0.5, 0.6) is 0 Å². The van der Waals surface area contributed by atoms with E-state index in [4.69, 9.17) is 20.1 Å². The van der Waals surface area contributed by atoms with Gasteiger partial charge in [0.15, 0.2) is 3.95 Å². The second kappa shape index (κ2) is 6.23. The van der Waals surface area contributed by atoms with Crippen molar-refractivity contribution in [2.75, 3.05) is 5.32 Å². The lowest BCUT2D eigenvalue weighted by atomic mass is 9.95. The number of carbonyl (C=O) groups is 1. The van der Waals surface area contributed by atoms with Crippen molar-refractivity contribution in [2.24, 2.45) is 0 Å². The van der Waals surface area contributed by atoms with E-state index in [9.17, 15) is 9.59 Å². The summed E-state index contributed by atoms with van der Waals surface area (Å²) < 4.78 is 2.17. The van der Waals surface area contributed by atoms with Crippen molar-refractivity contribution in [2.45, 2.75) is 6.92 Å². The molecule has 0 fully saturated rings. The maximum absolute atomic E-state index is 12.8. The Labute approximate surface area is 158 Å². The smallest absolute Gasteiger partial charge is 0.269 e. The van der Waals surface area contributed by atoms with Gasteiger partial charge in [0, 0.05) is 5.69 Å². The molecule has 0 bridgehead atoms. The number of rotatable bonds is 2. The third-order valence-electron chi connectivity index (χ3n) is 4.03. The van der Waals surface area contributed by atoms with E-state index in [1.807, 2.05) is 31.2 Å². The maximum Gasteiger partial charge on any atom is 0.269 e. The van der Waals surface area contributed by atoms with Gasteiger partial charge in [0.2, 0.25) is 0 Å². The van der Waals surface area contributed by atoms with Crippen LogP contribution in [0.25, 0.3) is 16.6 Å². The Kier molecular flexibility index (Phi) is 4.01. The molecule has 5 nitrogen and oxygen atoms in total. The molecule has 0 atom stereocenters. The molecule has 0 aliphatic carbocycles. The molecule has 0 unspecified atom stereocenters. The number of aromatic nitrogens is 2. The van der Waals surface area contributed by atoms with Gasteiger partial charge in [0.05, 0.1) is 10.9 Å². The lowest BCUT2D eigenvalue weighted by Gasteiger charge is -2.06. The predicted octanol–water partition coefficient (Wildman–Crippen LogP) is 2.93. The zero-order chi connectivity index (χ0) is 18.4. The third kappa shape index (κ3) is 2.77. The van der Waals surface area contributed by atoms with Crippen LogP contribution in [-0.2, 0) is 0 Å². The van der Waals surface area contributed by atoms with Crippen molar-refractivity contribution < 1.29 is 4.79 Å². The molecule has 2 radical (unpaired) electrons. The Balaban J connectivity index is 1.90. The van der Waals surface area contributed by atoms with Crippen molar-refractivity contribution in [1.29, 1.82) is 0 Å². The predicted molar refractivity (Wildman–Crippen MR) is 109 cm³/mol. The lowest BCUT2D eigenvalue weighted by molar-refractivity contribution is 0.103. The highest BCUT2D eigenvalue weighted by atomic mass is 32.1. The molecular weight excluding hydrogens is 365 g/mol. The van der Waals surface area contributed by atoms with Gasteiger partial charge in [-0.2, -0.15) is 0 Å². The molecule has 2 aromatic carbocycles. The monoisotopic (exact) mass is 377 g/mol. The second-order valence-electron chi connectivity index (χ2n) is 5.94. The highest BCUT2D eigenvalue weighted by Crippen LogP contribution is 2.23. The van der Waals surface area contributed by atoms with Gasteiger partial charge in [0.1, 0.15) is 18.4 Å². The second-order valence-corrected chi connectivity index (χ2v) is 7.58. The summed E-state index contributed by atoms with van der Waals surface area (Å²) in [7, 11) is 5.78. The summed E-state index contributed by atoms with van der Waals surface area (Å²) in [5.41, 5.74) is 2.89. The van der Waals surface area contributed by atoms with E-state index in [2.05, 4.69) is 10.3 Å². The topological polar surface area (TPSA) is 66.4 Å². The highest BCUT2D eigenvalue weighted by Gasteiger charge is 2.18. The number of aromatic amines is 1. The van der Waals surface area contributed by atoms with Crippen molar-refractivity contribution in [1.82, 2.24) is 9.38 Å². The fourth-order valence-electron chi connectivity index (χ4n) is 2.88. The number of nitrogens with one attached hydrogen (secondary N) is 2. The zero-order valence-electron chi connectivity index (χ0n) is 13.7. The molecule has 2 N–H and O–H groups in total. The Morgan fingerprint density at radius 3 is 2.85 bits per heavy atom. The van der Waals surface area contributed by atoms with Crippen LogP contribution < -0.4 is 16.3 Å². The van der Waals surface area contributed by atoms with E-state index < -0.39 is 0 Å². The molecule has 26 heavy (non-hydrogen) atoms. The van der Waals surface area contributed by atoms with Gasteiger partial charge >= 0.3 is 0 Å². The molecule has 1 amide bonds. The van der Waals surface area contributed by atoms with Gasteiger partial charge in [-0.1, -0.05) is 41.1 Å². The highest BCUT2D eigenvalue weighted by molar-refractivity contribution is 7.73. The Morgan fingerprint density at radius 2 is 2.08 bits per heavy atom. The molecule has 0 saturated heterocycles. The van der Waals surface area contributed by atoms with Crippen molar-refractivity contribution >= 4 is 65.0 Å². The van der Waals surface area contributed by atoms with Crippen LogP contribution in [0.4, 0.5) is 5.69 Å². The Hall–Kier alpha value is -2.71. The van der Waals surface area contributed by atoms with Crippen molar-refractivity contribution in [3.8, 4) is 0 Å². The van der Waals surface area contributed by atoms with E-state index in [-0.39, 0.29) is 11.5 Å². The van der Waals surface area contributed by atoms with Gasteiger partial charge in [-0.05, 0) is 42.9 Å². The molecule has 0 aliphatic rings. The van der Waals surface area contributed by atoms with E-state index in [1.54, 1.807) is 22.6 Å². The van der Waals surface area contributed by atoms with E-state index >= 15 is 0 Å². The maximum atomic E-state index is 12.8. The number of thiazole rings is 1. The van der Waals surface area contributed by atoms with Crippen LogP contribution in [0.3, 0.4) is 0 Å². The normalized spacial score (nSPS) is 11.1. The minimum atomic E-state index is -0.320. The molecule has 0 saturated carbocycles. The molecule has 4 rings (SSSR count). The molecule has 126 valence electrons. The molecule has 2 aromatic heterocycles. The summed E-state index contributed by atoms with van der Waals surface area (Å²) in [4.78, 5) is 28.3. The summed E-state index contributed by atoms with van der Waals surface area (Å²) in [5.74, 6) is -0.320. The van der Waals surface area contributed by atoms with Crippen LogP contribution in [0, 0.1) is 10.9 Å². The third-order valence-corrected chi connectivity index (χ3v) is 5.40. The van der Waals surface area contributed by atoms with Crippen LogP contribution in [0.1, 0.15) is 15.2 Å². The zero-order valence-corrected chi connectivity index (χ0v) is 15.3. The number of nitrogens with zero attached hydrogens (tertiary/aromatic N) is 1. The molecular formula is C18H12BN3O2S2. The van der Waals surface area contributed by atoms with E-state index in [0.717, 1.165) is 16.9 Å². The molecule has 0 spiro atoms. The average molecular weight is 377 g/mol. The number of anilines is 1. The first kappa shape index (κ1) is 16.7. The fourth-order valence-corrected chi connectivity index (χ4v) is 4.15. The SMILES string of the molecule is [B]c1ccc2c(c1)c(=O)[nH]c1c(C(=O)Nc3cccc(C)c3)sc(=S)n12. The van der Waals surface area contributed by atoms with Gasteiger partial charge in [-0.15, -0.1) is 0 Å². The number of hydrogen-bond donors (Lipinski definition) is 2. The average Bonchev–Trinajstić information content (AvgIpc) is 2.92. The van der Waals surface area contributed by atoms with Crippen LogP contribution >= 0.6 is 23.6 Å². The lowest BCUT2D eigenvalue weighted by Crippen LogP contribution is -2.16. The van der Waals surface area contributed by atoms with Crippen LogP contribution in [-0.4, -0.2) is 23.1 Å². The first-order valence-corrected chi connectivity index (χ1v) is 9.01. The Bertz CT molecular complexity index is 1300. The number of aryl methyl sites for hydroxylation is 1. The van der Waals surface area contributed by atoms with Gasteiger partial charge in [-0.25, -0.2) is 0 Å². The van der Waals surface area contributed by atoms with Gasteiger partial charge < -0.3 is 10.3 Å². The van der Waals surface area contributed by atoms with Crippen molar-refractivity contribution in [3.05, 3.63) is 67.2 Å². The van der Waals surface area contributed by atoms with E-state index in [1.165, 1.54) is 0 Å². The van der Waals surface area contributed by atoms with Gasteiger partial charge in [0.25, 0.3) is 11.5 Å². The van der Waals surface area contributed by atoms with E-state index in [0.29, 0.717) is 36.5 Å². The number of carbonyl (C=O) groups excluding carboxylic acids is 1. The summed E-state index contributed by atoms with van der Waals surface area (Å²) in [6, 6.07) is 12.5. The number of H-pyrrole nitrogens is 1. The minimum absolute atomic E-state index is 0.315. The van der Waals surface area contributed by atoms with Crippen LogP contribution in [0.15, 0.2) is 47.3 Å². The molecule has 8 heteroatoms. The summed E-state index contributed by atoms with van der Waals surface area (Å²) in [5, 5.41) is 3.28. The number of hydrogen-bond acceptors (Lipinski definition) is 4. The first-order chi connectivity index (χ1) is 12.4. The summed E-state index contributed by atoms with van der Waals surface area (Å²) >= 11 is 6.58. The summed E-state index contributed by atoms with van der Waals surface area (Å²) in [6.07, 6.45) is 0. The van der Waals surface area contributed by atoms with Crippen molar-refractivity contribution in [3.63, 3.8) is 0 Å². The summed E-state index contributed by atoms with van der Waals surface area (Å²) in [6.45, 7) is 1.95. The number of benzene rings is 2. The first-order valence-electron chi connectivity index (χ1n) is 7.79. The molecule has 4 aromatic rings. The molecule has 2 heterocycles. The number of fused-ring (bicyclic) bond motifs is 3. The molecule has 0 aliphatic heterocycles.